The Morgan fingerprint density at radius 2 is 1.12 bits per heavy atom. The van der Waals surface area contributed by atoms with E-state index in [-0.39, 0.29) is 0 Å². The Kier molecular flexibility index (Phi) is 7.33. The van der Waals surface area contributed by atoms with Gasteiger partial charge in [0.05, 0.1) is 0 Å². The molecule has 0 aliphatic heterocycles. The smallest absolute Gasteiger partial charge is 0.233 e. The Morgan fingerprint density at radius 1 is 0.735 bits per heavy atom. The van der Waals surface area contributed by atoms with Gasteiger partial charge in [-0.1, -0.05) is 53.6 Å². The number of methoxy groups -OCH3 is 2. The molecule has 0 saturated carbocycles. The van der Waals surface area contributed by atoms with Crippen LogP contribution in [0.5, 0.6) is 0 Å². The molecule has 0 saturated heterocycles. The fourth-order valence-corrected chi connectivity index (χ4v) is 8.34. The number of allylic oxidation sites excluding steroid dienone is 2. The zero-order chi connectivity index (χ0) is 25.4. The van der Waals surface area contributed by atoms with Crippen molar-refractivity contribution in [3.63, 3.8) is 0 Å². The highest BCUT2D eigenvalue weighted by Gasteiger charge is 2.57. The van der Waals surface area contributed by atoms with Gasteiger partial charge in [0.1, 0.15) is 5.66 Å². The van der Waals surface area contributed by atoms with E-state index in [1.54, 1.807) is 52.0 Å². The molecule has 0 radical (unpaired) electrons. The molecule has 2 aromatic carbocycles. The van der Waals surface area contributed by atoms with Crippen LogP contribution in [0.4, 0.5) is 0 Å². The normalized spacial score (nSPS) is 17.1. The van der Waals surface area contributed by atoms with E-state index in [0.29, 0.717) is 33.4 Å². The van der Waals surface area contributed by atoms with Gasteiger partial charge in [0, 0.05) is 25.3 Å². The van der Waals surface area contributed by atoms with Gasteiger partial charge in [-0.05, 0) is 69.9 Å². The molecule has 0 bridgehead atoms. The monoisotopic (exact) mass is 480 g/mol. The van der Waals surface area contributed by atoms with Crippen LogP contribution < -0.4 is 0 Å². The molecule has 180 valence electrons. The minimum atomic E-state index is -4.38. The second-order valence-electron chi connectivity index (χ2n) is 9.13. The predicted octanol–water partition coefficient (Wildman–Crippen LogP) is 6.36. The third-order valence-electron chi connectivity index (χ3n) is 6.56. The highest BCUT2D eigenvalue weighted by molar-refractivity contribution is 7.96. The molecule has 0 fully saturated rings. The Labute approximate surface area is 202 Å². The Bertz CT molecular complexity index is 1140. The molecule has 0 spiro atoms. The van der Waals surface area contributed by atoms with Crippen molar-refractivity contribution in [1.82, 2.24) is 0 Å². The summed E-state index contributed by atoms with van der Waals surface area (Å²) < 4.78 is 26.5. The van der Waals surface area contributed by atoms with E-state index in [1.807, 2.05) is 38.1 Å². The number of carbonyl (C=O) groups excluding carboxylic acids is 2. The van der Waals surface area contributed by atoms with Crippen LogP contribution in [0.15, 0.2) is 48.6 Å². The van der Waals surface area contributed by atoms with Crippen molar-refractivity contribution in [3.8, 4) is 0 Å². The van der Waals surface area contributed by atoms with Crippen molar-refractivity contribution in [1.29, 1.82) is 0 Å². The van der Waals surface area contributed by atoms with Gasteiger partial charge in [-0.25, -0.2) is 0 Å². The molecule has 34 heavy (non-hydrogen) atoms. The first kappa shape index (κ1) is 26.0. The number of aryl methyl sites for hydroxylation is 6. The summed E-state index contributed by atoms with van der Waals surface area (Å²) in [6.07, 6.45) is 6.58. The molecule has 1 aliphatic rings. The summed E-state index contributed by atoms with van der Waals surface area (Å²) in [5, 5.41) is 0. The minimum absolute atomic E-state index is 0.314. The molecule has 2 aromatic rings. The summed E-state index contributed by atoms with van der Waals surface area (Å²) in [5.74, 6) is -1.52. The van der Waals surface area contributed by atoms with Gasteiger partial charge in [0.15, 0.2) is 0 Å². The van der Waals surface area contributed by atoms with Gasteiger partial charge in [0.25, 0.3) is 0 Å². The summed E-state index contributed by atoms with van der Waals surface area (Å²) in [5.41, 5.74) is 2.87. The van der Waals surface area contributed by atoms with Crippen molar-refractivity contribution in [3.05, 3.63) is 93.1 Å². The molecule has 0 N–H and O–H groups in total. The van der Waals surface area contributed by atoms with E-state index in [9.17, 15) is 9.59 Å². The first-order valence-corrected chi connectivity index (χ1v) is 13.0. The molecule has 6 heteroatoms. The number of hydrogen-bond acceptors (Lipinski definition) is 5. The van der Waals surface area contributed by atoms with E-state index >= 15 is 4.57 Å². The Morgan fingerprint density at radius 3 is 1.47 bits per heavy atom. The van der Waals surface area contributed by atoms with Gasteiger partial charge >= 0.3 is 0 Å². The maximum Gasteiger partial charge on any atom is 0.233 e. The predicted molar refractivity (Wildman–Crippen MR) is 136 cm³/mol. The number of ether oxygens (including phenoxy) is 2. The van der Waals surface area contributed by atoms with Crippen molar-refractivity contribution < 1.29 is 23.6 Å². The van der Waals surface area contributed by atoms with Crippen LogP contribution in [-0.4, -0.2) is 36.7 Å². The van der Waals surface area contributed by atoms with E-state index in [2.05, 4.69) is 0 Å². The molecular weight excluding hydrogens is 447 g/mol. The largest absolute Gasteiger partial charge is 0.349 e. The first-order chi connectivity index (χ1) is 15.9. The average Bonchev–Trinajstić information content (AvgIpc) is 2.76. The van der Waals surface area contributed by atoms with E-state index in [0.717, 1.165) is 11.1 Å². The minimum Gasteiger partial charge on any atom is -0.349 e. The quantitative estimate of drug-likeness (QED) is 0.340. The lowest BCUT2D eigenvalue weighted by Gasteiger charge is -2.39. The lowest BCUT2D eigenvalue weighted by Crippen LogP contribution is -2.46. The summed E-state index contributed by atoms with van der Waals surface area (Å²) in [6.45, 7) is 11.1. The van der Waals surface area contributed by atoms with Crippen LogP contribution >= 0.6 is 7.14 Å². The lowest BCUT2D eigenvalue weighted by molar-refractivity contribution is -0.165. The standard InChI is InChI=1S/C28H33O5P/c1-17-13-19(3)24(20(4)14-17)26(29)34(31,23-11-9-10-12-28(23,32-7)33-8)27(30)25-21(5)15-18(2)16-22(25)6/h9-16,23H,1-8H3. The maximum absolute atomic E-state index is 15.1. The van der Waals surface area contributed by atoms with Crippen LogP contribution in [0.25, 0.3) is 0 Å². The zero-order valence-corrected chi connectivity index (χ0v) is 22.1. The fourth-order valence-electron chi connectivity index (χ4n) is 5.14. The maximum atomic E-state index is 15.1. The summed E-state index contributed by atoms with van der Waals surface area (Å²) in [4.78, 5) is 28.6. The average molecular weight is 481 g/mol. The van der Waals surface area contributed by atoms with Crippen LogP contribution in [0.3, 0.4) is 0 Å². The number of rotatable bonds is 7. The highest BCUT2D eigenvalue weighted by Crippen LogP contribution is 2.62. The van der Waals surface area contributed by atoms with Crippen molar-refractivity contribution in [2.45, 2.75) is 53.0 Å². The van der Waals surface area contributed by atoms with Gasteiger partial charge in [-0.3, -0.25) is 9.59 Å². The second-order valence-corrected chi connectivity index (χ2v) is 11.8. The van der Waals surface area contributed by atoms with Gasteiger partial charge in [-0.15, -0.1) is 0 Å². The topological polar surface area (TPSA) is 69.7 Å². The van der Waals surface area contributed by atoms with Crippen LogP contribution in [0.1, 0.15) is 54.1 Å². The first-order valence-electron chi connectivity index (χ1n) is 11.2. The van der Waals surface area contributed by atoms with Gasteiger partial charge in [0.2, 0.25) is 24.0 Å². The molecule has 3 rings (SSSR count). The van der Waals surface area contributed by atoms with E-state index < -0.39 is 29.6 Å². The molecule has 0 heterocycles. The highest BCUT2D eigenvalue weighted by atomic mass is 31.2. The molecule has 1 unspecified atom stereocenters. The Balaban J connectivity index is 2.37. The Hall–Kier alpha value is -2.59. The molecule has 1 atom stereocenters. The fraction of sp³-hybridized carbons (Fsp3) is 0.357. The summed E-state index contributed by atoms with van der Waals surface area (Å²) in [7, 11) is -1.54. The number of hydrogen-bond donors (Lipinski definition) is 0. The molecule has 1 aliphatic carbocycles. The molecule has 0 aromatic heterocycles. The summed E-state index contributed by atoms with van der Waals surface area (Å²) in [6, 6.07) is 7.48. The second kappa shape index (κ2) is 9.58. The van der Waals surface area contributed by atoms with Gasteiger partial charge in [-0.2, -0.15) is 0 Å². The van der Waals surface area contributed by atoms with E-state index in [1.165, 1.54) is 14.2 Å². The SMILES string of the molecule is COC1(OC)C=CC=CC1P(=O)(C(=O)c1c(C)cc(C)cc1C)C(=O)c1c(C)cc(C)cc1C. The number of carbonyl (C=O) groups is 2. The van der Waals surface area contributed by atoms with Crippen molar-refractivity contribution in [2.24, 2.45) is 0 Å². The zero-order valence-electron chi connectivity index (χ0n) is 21.2. The molecule has 5 nitrogen and oxygen atoms in total. The molecule has 0 amide bonds. The third-order valence-corrected chi connectivity index (χ3v) is 9.53. The van der Waals surface area contributed by atoms with E-state index in [4.69, 9.17) is 9.47 Å². The number of benzene rings is 2. The van der Waals surface area contributed by atoms with Crippen molar-refractivity contribution >= 4 is 18.2 Å². The van der Waals surface area contributed by atoms with Crippen LogP contribution in [0.2, 0.25) is 0 Å². The molecular formula is C28H33O5P. The van der Waals surface area contributed by atoms with Crippen molar-refractivity contribution in [2.75, 3.05) is 14.2 Å². The van der Waals surface area contributed by atoms with Crippen LogP contribution in [0, 0.1) is 41.5 Å². The summed E-state index contributed by atoms with van der Waals surface area (Å²) >= 11 is 0. The van der Waals surface area contributed by atoms with Gasteiger partial charge < -0.3 is 14.0 Å². The van der Waals surface area contributed by atoms with Crippen LogP contribution in [-0.2, 0) is 14.0 Å². The lowest BCUT2D eigenvalue weighted by atomic mass is 10.0. The third kappa shape index (κ3) is 4.17.